The van der Waals surface area contributed by atoms with E-state index in [9.17, 15) is 0 Å². The van der Waals surface area contributed by atoms with E-state index >= 15 is 0 Å². The van der Waals surface area contributed by atoms with Crippen LogP contribution in [0.1, 0.15) is 18.4 Å². The van der Waals surface area contributed by atoms with Crippen molar-refractivity contribution < 1.29 is 0 Å². The van der Waals surface area contributed by atoms with Gasteiger partial charge in [-0.05, 0) is 39.0 Å². The monoisotopic (exact) mass is 204 g/mol. The average Bonchev–Trinajstić information content (AvgIpc) is 2.30. The Morgan fingerprint density at radius 1 is 1.27 bits per heavy atom. The van der Waals surface area contributed by atoms with Gasteiger partial charge in [-0.15, -0.1) is 0 Å². The third kappa shape index (κ3) is 2.06. The number of likely N-dealkylation sites (N-methyl/N-ethyl adjacent to an activating group) is 2. The van der Waals surface area contributed by atoms with E-state index in [1.807, 2.05) is 0 Å². The van der Waals surface area contributed by atoms with Crippen LogP contribution in [0.3, 0.4) is 0 Å². The predicted molar refractivity (Wildman–Crippen MR) is 63.9 cm³/mol. The summed E-state index contributed by atoms with van der Waals surface area (Å²) in [4.78, 5) is 2.41. The Bertz CT molecular complexity index is 310. The SMILES string of the molecule is CNC1(c2ccccc2)CCCN(C)C1. The highest BCUT2D eigenvalue weighted by Crippen LogP contribution is 2.30. The van der Waals surface area contributed by atoms with E-state index in [1.54, 1.807) is 0 Å². The van der Waals surface area contributed by atoms with Crippen LogP contribution < -0.4 is 5.32 Å². The van der Waals surface area contributed by atoms with Gasteiger partial charge in [0, 0.05) is 6.54 Å². The van der Waals surface area contributed by atoms with Crippen LogP contribution in [0.2, 0.25) is 0 Å². The minimum atomic E-state index is 0.161. The van der Waals surface area contributed by atoms with Gasteiger partial charge < -0.3 is 10.2 Å². The summed E-state index contributed by atoms with van der Waals surface area (Å²) < 4.78 is 0. The molecule has 2 nitrogen and oxygen atoms in total. The van der Waals surface area contributed by atoms with Crippen molar-refractivity contribution in [1.29, 1.82) is 0 Å². The van der Waals surface area contributed by atoms with Crippen LogP contribution in [0, 0.1) is 0 Å². The Morgan fingerprint density at radius 3 is 2.60 bits per heavy atom. The zero-order chi connectivity index (χ0) is 10.7. The molecule has 15 heavy (non-hydrogen) atoms. The van der Waals surface area contributed by atoms with Gasteiger partial charge >= 0.3 is 0 Å². The summed E-state index contributed by atoms with van der Waals surface area (Å²) in [6.07, 6.45) is 2.50. The topological polar surface area (TPSA) is 15.3 Å². The first-order valence-electron chi connectivity index (χ1n) is 5.70. The molecular formula is C13H20N2. The first-order chi connectivity index (χ1) is 7.27. The van der Waals surface area contributed by atoms with E-state index < -0.39 is 0 Å². The Hall–Kier alpha value is -0.860. The predicted octanol–water partition coefficient (Wildman–Crippen LogP) is 1.83. The van der Waals surface area contributed by atoms with Gasteiger partial charge in [0.1, 0.15) is 0 Å². The van der Waals surface area contributed by atoms with Gasteiger partial charge in [0.15, 0.2) is 0 Å². The van der Waals surface area contributed by atoms with Gasteiger partial charge in [-0.2, -0.15) is 0 Å². The van der Waals surface area contributed by atoms with Crippen molar-refractivity contribution >= 4 is 0 Å². The number of hydrogen-bond donors (Lipinski definition) is 1. The first-order valence-corrected chi connectivity index (χ1v) is 5.70. The van der Waals surface area contributed by atoms with Crippen molar-refractivity contribution in [2.24, 2.45) is 0 Å². The van der Waals surface area contributed by atoms with Gasteiger partial charge in [0.25, 0.3) is 0 Å². The lowest BCUT2D eigenvalue weighted by Gasteiger charge is -2.42. The fraction of sp³-hybridized carbons (Fsp3) is 0.538. The first kappa shape index (κ1) is 10.7. The largest absolute Gasteiger partial charge is 0.309 e. The summed E-state index contributed by atoms with van der Waals surface area (Å²) in [5.41, 5.74) is 1.58. The van der Waals surface area contributed by atoms with Crippen LogP contribution in [0.4, 0.5) is 0 Å². The Balaban J connectivity index is 2.28. The fourth-order valence-electron chi connectivity index (χ4n) is 2.61. The molecule has 2 heteroatoms. The fourth-order valence-corrected chi connectivity index (χ4v) is 2.61. The van der Waals surface area contributed by atoms with Gasteiger partial charge in [0.05, 0.1) is 5.54 Å². The number of hydrogen-bond acceptors (Lipinski definition) is 2. The highest BCUT2D eigenvalue weighted by Gasteiger charge is 2.33. The zero-order valence-corrected chi connectivity index (χ0v) is 9.66. The molecule has 0 spiro atoms. The van der Waals surface area contributed by atoms with Crippen molar-refractivity contribution in [2.75, 3.05) is 27.2 Å². The molecule has 0 saturated carbocycles. The molecule has 0 aliphatic carbocycles. The summed E-state index contributed by atoms with van der Waals surface area (Å²) in [7, 11) is 4.28. The second-order valence-corrected chi connectivity index (χ2v) is 4.54. The molecule has 1 unspecified atom stereocenters. The molecule has 0 bridgehead atoms. The lowest BCUT2D eigenvalue weighted by Crippen LogP contribution is -2.52. The van der Waals surface area contributed by atoms with E-state index in [0.717, 1.165) is 6.54 Å². The lowest BCUT2D eigenvalue weighted by molar-refractivity contribution is 0.152. The second kappa shape index (κ2) is 4.33. The highest BCUT2D eigenvalue weighted by atomic mass is 15.2. The molecule has 0 aromatic heterocycles. The molecule has 2 rings (SSSR count). The molecular weight excluding hydrogens is 184 g/mol. The minimum Gasteiger partial charge on any atom is -0.309 e. The molecule has 1 aromatic rings. The maximum atomic E-state index is 3.52. The van der Waals surface area contributed by atoms with Crippen LogP contribution >= 0.6 is 0 Å². The molecule has 0 radical (unpaired) electrons. The molecule has 1 saturated heterocycles. The third-order valence-electron chi connectivity index (χ3n) is 3.49. The van der Waals surface area contributed by atoms with Crippen molar-refractivity contribution in [1.82, 2.24) is 10.2 Å². The number of benzene rings is 1. The molecule has 1 atom stereocenters. The van der Waals surface area contributed by atoms with Crippen LogP contribution in [0.15, 0.2) is 30.3 Å². The average molecular weight is 204 g/mol. The van der Waals surface area contributed by atoms with E-state index in [0.29, 0.717) is 0 Å². The van der Waals surface area contributed by atoms with Crippen molar-refractivity contribution in [3.8, 4) is 0 Å². The number of piperidine rings is 1. The maximum absolute atomic E-state index is 3.52. The Labute approximate surface area is 92.3 Å². The lowest BCUT2D eigenvalue weighted by atomic mass is 9.82. The van der Waals surface area contributed by atoms with Crippen LogP contribution in [0.25, 0.3) is 0 Å². The molecule has 1 aliphatic heterocycles. The standard InChI is InChI=1S/C13H20N2/c1-14-13(9-6-10-15(2)11-13)12-7-4-3-5-8-12/h3-5,7-8,14H,6,9-11H2,1-2H3. The number of likely N-dealkylation sites (tertiary alicyclic amines) is 1. The summed E-state index contributed by atoms with van der Waals surface area (Å²) >= 11 is 0. The Morgan fingerprint density at radius 2 is 2.00 bits per heavy atom. The molecule has 1 aromatic carbocycles. The maximum Gasteiger partial charge on any atom is 0.0561 e. The normalized spacial score (nSPS) is 27.9. The van der Waals surface area contributed by atoms with Crippen molar-refractivity contribution in [3.63, 3.8) is 0 Å². The van der Waals surface area contributed by atoms with Gasteiger partial charge in [0.2, 0.25) is 0 Å². The van der Waals surface area contributed by atoms with E-state index in [2.05, 4.69) is 54.6 Å². The van der Waals surface area contributed by atoms with Crippen molar-refractivity contribution in [3.05, 3.63) is 35.9 Å². The quantitative estimate of drug-likeness (QED) is 0.790. The summed E-state index contributed by atoms with van der Waals surface area (Å²) in [5.74, 6) is 0. The van der Waals surface area contributed by atoms with E-state index in [1.165, 1.54) is 24.9 Å². The minimum absolute atomic E-state index is 0.161. The van der Waals surface area contributed by atoms with Gasteiger partial charge in [-0.1, -0.05) is 30.3 Å². The smallest absolute Gasteiger partial charge is 0.0561 e. The zero-order valence-electron chi connectivity index (χ0n) is 9.66. The molecule has 1 fully saturated rings. The van der Waals surface area contributed by atoms with Crippen LogP contribution in [-0.4, -0.2) is 32.1 Å². The Kier molecular flexibility index (Phi) is 3.08. The molecule has 1 heterocycles. The summed E-state index contributed by atoms with van der Waals surface area (Å²) in [5, 5.41) is 3.52. The molecule has 0 amide bonds. The molecule has 1 N–H and O–H groups in total. The van der Waals surface area contributed by atoms with E-state index in [-0.39, 0.29) is 5.54 Å². The van der Waals surface area contributed by atoms with Crippen LogP contribution in [0.5, 0.6) is 0 Å². The number of rotatable bonds is 2. The van der Waals surface area contributed by atoms with Gasteiger partial charge in [-0.25, -0.2) is 0 Å². The summed E-state index contributed by atoms with van der Waals surface area (Å²) in [6, 6.07) is 10.8. The number of nitrogens with one attached hydrogen (secondary N) is 1. The molecule has 1 aliphatic rings. The summed E-state index contributed by atoms with van der Waals surface area (Å²) in [6.45, 7) is 2.32. The third-order valence-corrected chi connectivity index (χ3v) is 3.49. The highest BCUT2D eigenvalue weighted by molar-refractivity contribution is 5.25. The number of nitrogens with zero attached hydrogens (tertiary/aromatic N) is 1. The second-order valence-electron chi connectivity index (χ2n) is 4.54. The van der Waals surface area contributed by atoms with Gasteiger partial charge in [-0.3, -0.25) is 0 Å². The van der Waals surface area contributed by atoms with Crippen molar-refractivity contribution in [2.45, 2.75) is 18.4 Å². The van der Waals surface area contributed by atoms with E-state index in [4.69, 9.17) is 0 Å². The molecule has 82 valence electrons. The van der Waals surface area contributed by atoms with Crippen LogP contribution in [-0.2, 0) is 5.54 Å².